The van der Waals surface area contributed by atoms with Gasteiger partial charge >= 0.3 is 5.97 Å². The maximum absolute atomic E-state index is 11.2. The molecule has 1 rings (SSSR count). The quantitative estimate of drug-likeness (QED) is 0.627. The molecule has 0 aliphatic heterocycles. The number of carboxylic acids is 1. The highest BCUT2D eigenvalue weighted by molar-refractivity contribution is 5.82. The Labute approximate surface area is 92.9 Å². The fourth-order valence-electron chi connectivity index (χ4n) is 1.56. The van der Waals surface area contributed by atoms with Crippen molar-refractivity contribution in [1.29, 1.82) is 0 Å². The zero-order valence-electron chi connectivity index (χ0n) is 9.14. The van der Waals surface area contributed by atoms with Crippen LogP contribution < -0.4 is 0 Å². The third-order valence-electron chi connectivity index (χ3n) is 2.87. The fraction of sp³-hybridized carbons (Fsp3) is 0.364. The minimum atomic E-state index is -1.22. The Morgan fingerprint density at radius 1 is 1.50 bits per heavy atom. The highest BCUT2D eigenvalue weighted by Gasteiger charge is 2.38. The summed E-state index contributed by atoms with van der Waals surface area (Å²) in [4.78, 5) is 21.5. The summed E-state index contributed by atoms with van der Waals surface area (Å²) in [6.45, 7) is 3.20. The summed E-state index contributed by atoms with van der Waals surface area (Å²) < 4.78 is 0. The summed E-state index contributed by atoms with van der Waals surface area (Å²) in [7, 11) is 0. The van der Waals surface area contributed by atoms with Gasteiger partial charge in [-0.2, -0.15) is 0 Å². The first-order valence-electron chi connectivity index (χ1n) is 4.90. The monoisotopic (exact) mass is 223 g/mol. The number of nitrogens with zero attached hydrogens (tertiary/aromatic N) is 1. The molecule has 1 unspecified atom stereocenters. The van der Waals surface area contributed by atoms with Crippen molar-refractivity contribution >= 4 is 11.7 Å². The summed E-state index contributed by atoms with van der Waals surface area (Å²) in [5, 5.41) is 20.0. The number of hydrogen-bond acceptors (Lipinski definition) is 3. The van der Waals surface area contributed by atoms with Gasteiger partial charge in [-0.1, -0.05) is 25.1 Å². The van der Waals surface area contributed by atoms with Crippen LogP contribution in [0, 0.1) is 10.1 Å². The molecule has 16 heavy (non-hydrogen) atoms. The van der Waals surface area contributed by atoms with Crippen LogP contribution in [0.1, 0.15) is 25.8 Å². The smallest absolute Gasteiger partial charge is 0.314 e. The van der Waals surface area contributed by atoms with Gasteiger partial charge in [0.05, 0.1) is 10.3 Å². The van der Waals surface area contributed by atoms with Gasteiger partial charge < -0.3 is 5.11 Å². The highest BCUT2D eigenvalue weighted by atomic mass is 16.6. The van der Waals surface area contributed by atoms with Gasteiger partial charge in [0.1, 0.15) is 0 Å². The Kier molecular flexibility index (Phi) is 3.27. The number of nitro groups is 1. The second-order valence-corrected chi connectivity index (χ2v) is 3.77. The maximum atomic E-state index is 11.2. The molecule has 86 valence electrons. The van der Waals surface area contributed by atoms with Gasteiger partial charge in [0.2, 0.25) is 0 Å². The first-order valence-corrected chi connectivity index (χ1v) is 4.90. The predicted octanol–water partition coefficient (Wildman–Crippen LogP) is 2.35. The van der Waals surface area contributed by atoms with E-state index in [0.29, 0.717) is 6.42 Å². The number of aliphatic carboxylic acids is 1. The van der Waals surface area contributed by atoms with Crippen LogP contribution in [0.2, 0.25) is 0 Å². The molecule has 1 aromatic carbocycles. The number of benzene rings is 1. The van der Waals surface area contributed by atoms with E-state index >= 15 is 0 Å². The Morgan fingerprint density at radius 3 is 2.50 bits per heavy atom. The summed E-state index contributed by atoms with van der Waals surface area (Å²) in [6, 6.07) is 5.96. The van der Waals surface area contributed by atoms with E-state index in [1.165, 1.54) is 25.1 Å². The minimum Gasteiger partial charge on any atom is -0.481 e. The van der Waals surface area contributed by atoms with Crippen molar-refractivity contribution in [3.63, 3.8) is 0 Å². The molecule has 5 nitrogen and oxygen atoms in total. The molecule has 0 radical (unpaired) electrons. The van der Waals surface area contributed by atoms with Crippen molar-refractivity contribution in [3.8, 4) is 0 Å². The third kappa shape index (κ3) is 1.88. The lowest BCUT2D eigenvalue weighted by Gasteiger charge is -2.22. The molecule has 0 fully saturated rings. The van der Waals surface area contributed by atoms with Crippen LogP contribution >= 0.6 is 0 Å². The molecule has 0 heterocycles. The van der Waals surface area contributed by atoms with Gasteiger partial charge in [0.15, 0.2) is 0 Å². The number of carboxylic acid groups (broad SMARTS) is 1. The highest BCUT2D eigenvalue weighted by Crippen LogP contribution is 2.34. The summed E-state index contributed by atoms with van der Waals surface area (Å²) >= 11 is 0. The van der Waals surface area contributed by atoms with Crippen LogP contribution in [0.25, 0.3) is 0 Å². The average Bonchev–Trinajstić information content (AvgIpc) is 2.27. The minimum absolute atomic E-state index is 0.144. The van der Waals surface area contributed by atoms with E-state index in [2.05, 4.69) is 0 Å². The van der Waals surface area contributed by atoms with Crippen molar-refractivity contribution in [1.82, 2.24) is 0 Å². The number of hydrogen-bond donors (Lipinski definition) is 1. The van der Waals surface area contributed by atoms with Gasteiger partial charge in [0, 0.05) is 11.6 Å². The molecular weight excluding hydrogens is 210 g/mol. The molecule has 5 heteroatoms. The molecule has 0 bridgehead atoms. The van der Waals surface area contributed by atoms with E-state index in [1.807, 2.05) is 0 Å². The number of carbonyl (C=O) groups is 1. The van der Waals surface area contributed by atoms with E-state index in [4.69, 9.17) is 5.11 Å². The van der Waals surface area contributed by atoms with E-state index in [1.54, 1.807) is 13.0 Å². The number of para-hydroxylation sites is 1. The van der Waals surface area contributed by atoms with E-state index in [9.17, 15) is 14.9 Å². The normalized spacial score (nSPS) is 14.1. The van der Waals surface area contributed by atoms with Crippen LogP contribution in [0.4, 0.5) is 5.69 Å². The molecule has 0 aromatic heterocycles. The van der Waals surface area contributed by atoms with Crippen LogP contribution in [-0.4, -0.2) is 16.0 Å². The zero-order valence-corrected chi connectivity index (χ0v) is 9.14. The first-order chi connectivity index (χ1) is 7.43. The molecule has 1 atom stereocenters. The maximum Gasteiger partial charge on any atom is 0.314 e. The zero-order chi connectivity index (χ0) is 12.3. The van der Waals surface area contributed by atoms with Crippen LogP contribution in [0.3, 0.4) is 0 Å². The largest absolute Gasteiger partial charge is 0.481 e. The molecule has 1 aromatic rings. The lowest BCUT2D eigenvalue weighted by atomic mass is 9.79. The summed E-state index contributed by atoms with van der Waals surface area (Å²) in [5.41, 5.74) is -1.12. The SMILES string of the molecule is CCC(C)(C(=O)O)c1ccccc1[N+](=O)[O-]. The Balaban J connectivity index is 3.41. The standard InChI is InChI=1S/C11H13NO4/c1-3-11(2,10(13)14)8-6-4-5-7-9(8)12(15)16/h4-7H,3H2,1-2H3,(H,13,14). The Morgan fingerprint density at radius 2 is 2.06 bits per heavy atom. The van der Waals surface area contributed by atoms with E-state index in [-0.39, 0.29) is 11.3 Å². The molecule has 0 aliphatic rings. The summed E-state index contributed by atoms with van der Waals surface area (Å²) in [5.74, 6) is -1.05. The third-order valence-corrected chi connectivity index (χ3v) is 2.87. The second-order valence-electron chi connectivity index (χ2n) is 3.77. The number of rotatable bonds is 4. The van der Waals surface area contributed by atoms with Crippen molar-refractivity contribution in [2.24, 2.45) is 0 Å². The average molecular weight is 223 g/mol. The lowest BCUT2D eigenvalue weighted by Crippen LogP contribution is -2.32. The van der Waals surface area contributed by atoms with E-state index in [0.717, 1.165) is 0 Å². The predicted molar refractivity (Wildman–Crippen MR) is 58.4 cm³/mol. The van der Waals surface area contributed by atoms with Crippen LogP contribution in [0.15, 0.2) is 24.3 Å². The van der Waals surface area contributed by atoms with Gasteiger partial charge in [-0.25, -0.2) is 0 Å². The number of nitro benzene ring substituents is 1. The first kappa shape index (κ1) is 12.2. The fourth-order valence-corrected chi connectivity index (χ4v) is 1.56. The van der Waals surface area contributed by atoms with Gasteiger partial charge in [-0.15, -0.1) is 0 Å². The second kappa shape index (κ2) is 4.30. The molecule has 0 saturated carbocycles. The molecule has 0 saturated heterocycles. The van der Waals surface area contributed by atoms with Crippen LogP contribution in [-0.2, 0) is 10.2 Å². The van der Waals surface area contributed by atoms with E-state index < -0.39 is 16.3 Å². The van der Waals surface area contributed by atoms with Gasteiger partial charge in [0.25, 0.3) is 5.69 Å². The molecule has 0 amide bonds. The van der Waals surface area contributed by atoms with Gasteiger partial charge in [-0.05, 0) is 13.3 Å². The summed E-state index contributed by atoms with van der Waals surface area (Å²) in [6.07, 6.45) is 0.299. The van der Waals surface area contributed by atoms with Crippen molar-refractivity contribution in [3.05, 3.63) is 39.9 Å². The van der Waals surface area contributed by atoms with Crippen LogP contribution in [0.5, 0.6) is 0 Å². The molecule has 1 N–H and O–H groups in total. The van der Waals surface area contributed by atoms with Crippen molar-refractivity contribution < 1.29 is 14.8 Å². The molecule has 0 aliphatic carbocycles. The molecular formula is C11H13NO4. The van der Waals surface area contributed by atoms with Gasteiger partial charge in [-0.3, -0.25) is 14.9 Å². The topological polar surface area (TPSA) is 80.4 Å². The van der Waals surface area contributed by atoms with Crippen molar-refractivity contribution in [2.45, 2.75) is 25.7 Å². The Bertz CT molecular complexity index is 430. The lowest BCUT2D eigenvalue weighted by molar-refractivity contribution is -0.386. The van der Waals surface area contributed by atoms with Crippen molar-refractivity contribution in [2.75, 3.05) is 0 Å². The Hall–Kier alpha value is -1.91. The molecule has 0 spiro atoms.